The Morgan fingerprint density at radius 3 is 2.59 bits per heavy atom. The van der Waals surface area contributed by atoms with Crippen molar-refractivity contribution in [3.8, 4) is 11.5 Å². The van der Waals surface area contributed by atoms with Crippen molar-refractivity contribution in [3.63, 3.8) is 0 Å². The molecule has 0 radical (unpaired) electrons. The van der Waals surface area contributed by atoms with E-state index in [4.69, 9.17) is 4.74 Å². The molecule has 17 heavy (non-hydrogen) atoms. The van der Waals surface area contributed by atoms with Gasteiger partial charge in [-0.25, -0.2) is 4.39 Å². The summed E-state index contributed by atoms with van der Waals surface area (Å²) in [6.07, 6.45) is 0.580. The van der Waals surface area contributed by atoms with Gasteiger partial charge in [0.05, 0.1) is 5.56 Å². The molecule has 0 saturated heterocycles. The van der Waals surface area contributed by atoms with Gasteiger partial charge in [0, 0.05) is 0 Å². The van der Waals surface area contributed by atoms with Crippen molar-refractivity contribution in [2.75, 3.05) is 0 Å². The topological polar surface area (TPSA) is 26.3 Å². The number of hydrogen-bond acceptors (Lipinski definition) is 2. The predicted molar refractivity (Wildman–Crippen MR) is 63.0 cm³/mol. The highest BCUT2D eigenvalue weighted by Crippen LogP contribution is 2.27. The molecule has 0 bridgehead atoms. The Morgan fingerprint density at radius 1 is 1.12 bits per heavy atom. The van der Waals surface area contributed by atoms with Gasteiger partial charge in [0.25, 0.3) is 0 Å². The lowest BCUT2D eigenvalue weighted by Gasteiger charge is -2.09. The quantitative estimate of drug-likeness (QED) is 0.751. The van der Waals surface area contributed by atoms with Crippen LogP contribution in [0.25, 0.3) is 0 Å². The molecule has 0 aliphatic heterocycles. The number of ether oxygens (including phenoxy) is 1. The second kappa shape index (κ2) is 4.78. The van der Waals surface area contributed by atoms with Gasteiger partial charge in [-0.05, 0) is 36.8 Å². The molecule has 0 atom stereocenters. The Hall–Kier alpha value is -2.16. The second-order valence-electron chi connectivity index (χ2n) is 3.67. The van der Waals surface area contributed by atoms with Crippen LogP contribution in [0.5, 0.6) is 11.5 Å². The predicted octanol–water partition coefficient (Wildman–Crippen LogP) is 3.74. The fraction of sp³-hybridized carbons (Fsp3) is 0.0714. The largest absolute Gasteiger partial charge is 0.456 e. The summed E-state index contributed by atoms with van der Waals surface area (Å²) in [6.45, 7) is 1.90. The number of para-hydroxylation sites is 1. The second-order valence-corrected chi connectivity index (χ2v) is 3.67. The third-order valence-corrected chi connectivity index (χ3v) is 2.41. The highest BCUT2D eigenvalue weighted by atomic mass is 19.1. The monoisotopic (exact) mass is 230 g/mol. The van der Waals surface area contributed by atoms with Crippen LogP contribution in [0.2, 0.25) is 0 Å². The average molecular weight is 230 g/mol. The van der Waals surface area contributed by atoms with Gasteiger partial charge in [-0.2, -0.15) is 0 Å². The average Bonchev–Trinajstić information content (AvgIpc) is 2.34. The summed E-state index contributed by atoms with van der Waals surface area (Å²) in [4.78, 5) is 10.8. The maximum atomic E-state index is 12.9. The molecular weight excluding hydrogens is 219 g/mol. The third-order valence-electron chi connectivity index (χ3n) is 2.41. The fourth-order valence-electron chi connectivity index (χ4n) is 1.49. The van der Waals surface area contributed by atoms with Crippen molar-refractivity contribution in [1.29, 1.82) is 0 Å². The van der Waals surface area contributed by atoms with E-state index in [0.29, 0.717) is 17.8 Å². The van der Waals surface area contributed by atoms with Crippen LogP contribution in [0.3, 0.4) is 0 Å². The Labute approximate surface area is 98.7 Å². The molecule has 2 nitrogen and oxygen atoms in total. The minimum Gasteiger partial charge on any atom is -0.456 e. The summed E-state index contributed by atoms with van der Waals surface area (Å²) in [5, 5.41) is 0. The maximum absolute atomic E-state index is 12.9. The van der Waals surface area contributed by atoms with Crippen molar-refractivity contribution in [2.45, 2.75) is 6.92 Å². The van der Waals surface area contributed by atoms with Crippen molar-refractivity contribution in [1.82, 2.24) is 0 Å². The first-order valence-electron chi connectivity index (χ1n) is 5.19. The number of aryl methyl sites for hydroxylation is 1. The zero-order valence-electron chi connectivity index (χ0n) is 9.31. The molecule has 0 unspecified atom stereocenters. The van der Waals surface area contributed by atoms with Gasteiger partial charge in [-0.1, -0.05) is 18.2 Å². The lowest BCUT2D eigenvalue weighted by atomic mass is 10.2. The molecule has 0 aliphatic rings. The summed E-state index contributed by atoms with van der Waals surface area (Å²) >= 11 is 0. The molecule has 86 valence electrons. The zero-order valence-corrected chi connectivity index (χ0v) is 9.31. The molecule has 2 rings (SSSR count). The Bertz CT molecular complexity index is 550. The van der Waals surface area contributed by atoms with E-state index in [1.165, 1.54) is 12.1 Å². The van der Waals surface area contributed by atoms with E-state index in [1.807, 2.05) is 25.1 Å². The molecule has 0 spiro atoms. The number of rotatable bonds is 3. The third kappa shape index (κ3) is 2.50. The number of carbonyl (C=O) groups is 1. The molecular formula is C14H11FO2. The maximum Gasteiger partial charge on any atom is 0.153 e. The minimum atomic E-state index is -0.454. The van der Waals surface area contributed by atoms with Gasteiger partial charge < -0.3 is 4.74 Å². The van der Waals surface area contributed by atoms with Crippen LogP contribution in [0.4, 0.5) is 4.39 Å². The fourth-order valence-corrected chi connectivity index (χ4v) is 1.49. The van der Waals surface area contributed by atoms with Crippen LogP contribution in [0.1, 0.15) is 15.9 Å². The first-order valence-corrected chi connectivity index (χ1v) is 5.19. The van der Waals surface area contributed by atoms with Gasteiger partial charge in [0.1, 0.15) is 17.3 Å². The van der Waals surface area contributed by atoms with E-state index >= 15 is 0 Å². The summed E-state index contributed by atoms with van der Waals surface area (Å²) in [7, 11) is 0. The van der Waals surface area contributed by atoms with Crippen LogP contribution >= 0.6 is 0 Å². The number of hydrogen-bond donors (Lipinski definition) is 0. The molecule has 0 aliphatic carbocycles. The lowest BCUT2D eigenvalue weighted by Crippen LogP contribution is -1.93. The van der Waals surface area contributed by atoms with E-state index < -0.39 is 5.82 Å². The van der Waals surface area contributed by atoms with E-state index in [9.17, 15) is 9.18 Å². The van der Waals surface area contributed by atoms with Crippen molar-refractivity contribution in [3.05, 3.63) is 59.4 Å². The smallest absolute Gasteiger partial charge is 0.153 e. The molecule has 2 aromatic carbocycles. The summed E-state index contributed by atoms with van der Waals surface area (Å²) in [5.41, 5.74) is 1.15. The first kappa shape index (κ1) is 11.3. The SMILES string of the molecule is Cc1ccccc1Oc1ccc(F)cc1C=O. The standard InChI is InChI=1S/C14H11FO2/c1-10-4-2-3-5-13(10)17-14-7-6-12(15)8-11(14)9-16/h2-9H,1H3. The van der Waals surface area contributed by atoms with Crippen molar-refractivity contribution in [2.24, 2.45) is 0 Å². The lowest BCUT2D eigenvalue weighted by molar-refractivity contribution is 0.112. The summed E-state index contributed by atoms with van der Waals surface area (Å²) in [5.74, 6) is 0.558. The summed E-state index contributed by atoms with van der Waals surface area (Å²) < 4.78 is 18.5. The van der Waals surface area contributed by atoms with Crippen LogP contribution in [-0.4, -0.2) is 6.29 Å². The van der Waals surface area contributed by atoms with Crippen LogP contribution in [-0.2, 0) is 0 Å². The molecule has 0 heterocycles. The normalized spacial score (nSPS) is 10.0. The molecule has 0 saturated carbocycles. The van der Waals surface area contributed by atoms with E-state index in [-0.39, 0.29) is 5.56 Å². The van der Waals surface area contributed by atoms with Crippen LogP contribution < -0.4 is 4.74 Å². The van der Waals surface area contributed by atoms with Gasteiger partial charge in [0.15, 0.2) is 6.29 Å². The van der Waals surface area contributed by atoms with Crippen LogP contribution in [0, 0.1) is 12.7 Å². The number of aldehydes is 1. The molecule has 2 aromatic rings. The number of halogens is 1. The number of carbonyl (C=O) groups excluding carboxylic acids is 1. The summed E-state index contributed by atoms with van der Waals surface area (Å²) in [6, 6.07) is 11.3. The van der Waals surface area contributed by atoms with Crippen molar-refractivity contribution < 1.29 is 13.9 Å². The molecule has 0 N–H and O–H groups in total. The zero-order chi connectivity index (χ0) is 12.3. The van der Waals surface area contributed by atoms with Crippen LogP contribution in [0.15, 0.2) is 42.5 Å². The highest BCUT2D eigenvalue weighted by molar-refractivity contribution is 5.79. The Morgan fingerprint density at radius 2 is 1.88 bits per heavy atom. The van der Waals surface area contributed by atoms with E-state index in [0.717, 1.165) is 11.6 Å². The van der Waals surface area contributed by atoms with E-state index in [1.54, 1.807) is 6.07 Å². The molecule has 0 fully saturated rings. The Balaban J connectivity index is 2.36. The Kier molecular flexibility index (Phi) is 3.19. The van der Waals surface area contributed by atoms with Gasteiger partial charge in [-0.3, -0.25) is 4.79 Å². The molecule has 0 amide bonds. The molecule has 3 heteroatoms. The van der Waals surface area contributed by atoms with Gasteiger partial charge in [-0.15, -0.1) is 0 Å². The first-order chi connectivity index (χ1) is 8.20. The molecule has 0 aromatic heterocycles. The van der Waals surface area contributed by atoms with E-state index in [2.05, 4.69) is 0 Å². The highest BCUT2D eigenvalue weighted by Gasteiger charge is 2.07. The number of benzene rings is 2. The van der Waals surface area contributed by atoms with Crippen molar-refractivity contribution >= 4 is 6.29 Å². The van der Waals surface area contributed by atoms with Gasteiger partial charge >= 0.3 is 0 Å². The van der Waals surface area contributed by atoms with Gasteiger partial charge in [0.2, 0.25) is 0 Å². The minimum absolute atomic E-state index is 0.202.